The van der Waals surface area contributed by atoms with Crippen LogP contribution in [-0.2, 0) is 4.74 Å². The Kier molecular flexibility index (Phi) is 1.50. The molecule has 60 valence electrons. The number of hydrogen-bond donors (Lipinski definition) is 4. The lowest BCUT2D eigenvalue weighted by molar-refractivity contribution is -0.335. The lowest BCUT2D eigenvalue weighted by Crippen LogP contribution is -2.54. The number of aliphatic hydroxyl groups is 4. The molecule has 0 radical (unpaired) electrons. The van der Waals surface area contributed by atoms with Gasteiger partial charge in [-0.25, -0.2) is 0 Å². The minimum absolute atomic E-state index is 0.278. The number of ether oxygens (including phenoxy) is 1. The Hall–Kier alpha value is -0.200. The maximum absolute atomic E-state index is 9.01. The molecule has 0 aromatic heterocycles. The van der Waals surface area contributed by atoms with Crippen LogP contribution in [0.15, 0.2) is 0 Å². The minimum Gasteiger partial charge on any atom is -0.385 e. The largest absolute Gasteiger partial charge is 0.385 e. The molecule has 0 aromatic carbocycles. The van der Waals surface area contributed by atoms with Crippen LogP contribution in [0.3, 0.4) is 0 Å². The Morgan fingerprint density at radius 2 is 1.90 bits per heavy atom. The summed E-state index contributed by atoms with van der Waals surface area (Å²) < 4.78 is 4.47. The first-order valence-corrected chi connectivity index (χ1v) is 2.87. The second-order valence-corrected chi connectivity index (χ2v) is 2.54. The number of hydrogen-bond acceptors (Lipinski definition) is 5. The van der Waals surface area contributed by atoms with E-state index in [1.807, 2.05) is 0 Å². The van der Waals surface area contributed by atoms with Crippen LogP contribution in [-0.4, -0.2) is 44.7 Å². The van der Waals surface area contributed by atoms with E-state index < -0.39 is 17.7 Å². The van der Waals surface area contributed by atoms with Crippen LogP contribution in [0, 0.1) is 0 Å². The second kappa shape index (κ2) is 1.90. The lowest BCUT2D eigenvalue weighted by atomic mass is 10.1. The molecule has 1 aliphatic heterocycles. The zero-order valence-corrected chi connectivity index (χ0v) is 5.48. The first-order valence-electron chi connectivity index (χ1n) is 2.87. The van der Waals surface area contributed by atoms with Gasteiger partial charge >= 0.3 is 0 Å². The van der Waals surface area contributed by atoms with Gasteiger partial charge in [0, 0.05) is 0 Å². The Morgan fingerprint density at radius 3 is 2.00 bits per heavy atom. The Labute approximate surface area is 57.5 Å². The van der Waals surface area contributed by atoms with Crippen molar-refractivity contribution in [2.45, 2.75) is 24.6 Å². The highest BCUT2D eigenvalue weighted by Crippen LogP contribution is 2.31. The van der Waals surface area contributed by atoms with E-state index in [1.54, 1.807) is 0 Å². The van der Waals surface area contributed by atoms with Crippen molar-refractivity contribution in [1.82, 2.24) is 0 Å². The van der Waals surface area contributed by atoms with E-state index in [1.165, 1.54) is 0 Å². The summed E-state index contributed by atoms with van der Waals surface area (Å²) in [5.41, 5.74) is 0. The molecule has 1 rings (SSSR count). The Bertz CT molecular complexity index is 141. The lowest BCUT2D eigenvalue weighted by Gasteiger charge is -2.28. The molecule has 0 amide bonds. The summed E-state index contributed by atoms with van der Waals surface area (Å²) in [5.74, 6) is -4.64. The van der Waals surface area contributed by atoms with Gasteiger partial charge in [0.1, 0.15) is 6.10 Å². The Morgan fingerprint density at radius 1 is 1.40 bits per heavy atom. The van der Waals surface area contributed by atoms with E-state index in [2.05, 4.69) is 4.74 Å². The topological polar surface area (TPSA) is 90.2 Å². The van der Waals surface area contributed by atoms with Crippen molar-refractivity contribution >= 4 is 0 Å². The van der Waals surface area contributed by atoms with Crippen molar-refractivity contribution in [3.8, 4) is 0 Å². The maximum Gasteiger partial charge on any atom is 0.247 e. The van der Waals surface area contributed by atoms with Crippen molar-refractivity contribution < 1.29 is 25.2 Å². The van der Waals surface area contributed by atoms with Crippen LogP contribution in [0.2, 0.25) is 0 Å². The standard InChI is InChI=1S/C5H10O5/c1-4(7)5(8,9)3(6)2-10-4/h3,6-9H,2H2,1H3/t3?,4-/m1/s1. The van der Waals surface area contributed by atoms with E-state index in [-0.39, 0.29) is 6.61 Å². The summed E-state index contributed by atoms with van der Waals surface area (Å²) in [6.45, 7) is 0.795. The van der Waals surface area contributed by atoms with Crippen LogP contribution in [0.1, 0.15) is 6.92 Å². The van der Waals surface area contributed by atoms with Gasteiger partial charge in [0.05, 0.1) is 6.61 Å². The fourth-order valence-electron chi connectivity index (χ4n) is 0.773. The van der Waals surface area contributed by atoms with Crippen LogP contribution < -0.4 is 0 Å². The fourth-order valence-corrected chi connectivity index (χ4v) is 0.773. The second-order valence-electron chi connectivity index (χ2n) is 2.54. The fraction of sp³-hybridized carbons (Fsp3) is 1.00. The molecule has 1 saturated heterocycles. The summed E-state index contributed by atoms with van der Waals surface area (Å²) in [4.78, 5) is 0. The zero-order chi connectivity index (χ0) is 7.99. The molecule has 1 unspecified atom stereocenters. The summed E-state index contributed by atoms with van der Waals surface area (Å²) in [6, 6.07) is 0. The first-order chi connectivity index (χ1) is 4.38. The van der Waals surface area contributed by atoms with Gasteiger partial charge in [0.25, 0.3) is 0 Å². The first kappa shape index (κ1) is 7.90. The molecule has 5 nitrogen and oxygen atoms in total. The van der Waals surface area contributed by atoms with Crippen molar-refractivity contribution in [2.75, 3.05) is 6.61 Å². The third kappa shape index (κ3) is 0.834. The molecule has 4 N–H and O–H groups in total. The zero-order valence-electron chi connectivity index (χ0n) is 5.48. The normalized spacial score (nSPS) is 45.9. The molecule has 5 heteroatoms. The molecule has 0 saturated carbocycles. The predicted octanol–water partition coefficient (Wildman–Crippen LogP) is -2.23. The summed E-state index contributed by atoms with van der Waals surface area (Å²) in [6.07, 6.45) is -1.46. The summed E-state index contributed by atoms with van der Waals surface area (Å²) in [7, 11) is 0. The van der Waals surface area contributed by atoms with E-state index in [0.717, 1.165) is 6.92 Å². The highest BCUT2D eigenvalue weighted by Gasteiger charge is 2.57. The van der Waals surface area contributed by atoms with E-state index in [9.17, 15) is 0 Å². The molecule has 10 heavy (non-hydrogen) atoms. The summed E-state index contributed by atoms with van der Waals surface area (Å²) >= 11 is 0. The van der Waals surface area contributed by atoms with Crippen molar-refractivity contribution in [3.63, 3.8) is 0 Å². The average Bonchev–Trinajstić information content (AvgIpc) is 1.94. The van der Waals surface area contributed by atoms with Crippen LogP contribution in [0.4, 0.5) is 0 Å². The van der Waals surface area contributed by atoms with Gasteiger partial charge in [-0.1, -0.05) is 0 Å². The van der Waals surface area contributed by atoms with Gasteiger partial charge in [0.15, 0.2) is 0 Å². The molecular formula is C5H10O5. The quantitative estimate of drug-likeness (QED) is 0.293. The number of rotatable bonds is 0. The molecule has 1 aliphatic rings. The van der Waals surface area contributed by atoms with E-state index in [0.29, 0.717) is 0 Å². The third-order valence-electron chi connectivity index (χ3n) is 1.67. The van der Waals surface area contributed by atoms with Gasteiger partial charge in [0.2, 0.25) is 11.6 Å². The monoisotopic (exact) mass is 150 g/mol. The highest BCUT2D eigenvalue weighted by molar-refractivity contribution is 4.92. The molecule has 0 aliphatic carbocycles. The molecular weight excluding hydrogens is 140 g/mol. The highest BCUT2D eigenvalue weighted by atomic mass is 16.7. The van der Waals surface area contributed by atoms with Gasteiger partial charge in [-0.05, 0) is 6.92 Å². The third-order valence-corrected chi connectivity index (χ3v) is 1.67. The smallest absolute Gasteiger partial charge is 0.247 e. The van der Waals surface area contributed by atoms with E-state index >= 15 is 0 Å². The van der Waals surface area contributed by atoms with Crippen molar-refractivity contribution in [1.29, 1.82) is 0 Å². The molecule has 1 fully saturated rings. The molecule has 1 heterocycles. The molecule has 2 atom stereocenters. The van der Waals surface area contributed by atoms with Crippen molar-refractivity contribution in [2.24, 2.45) is 0 Å². The molecule has 0 aromatic rings. The minimum atomic E-state index is -2.56. The Balaban J connectivity index is 2.84. The maximum atomic E-state index is 9.01. The van der Waals surface area contributed by atoms with Gasteiger partial charge in [-0.2, -0.15) is 0 Å². The number of aliphatic hydroxyl groups excluding tert-OH is 1. The van der Waals surface area contributed by atoms with Crippen LogP contribution in [0.5, 0.6) is 0 Å². The van der Waals surface area contributed by atoms with Crippen LogP contribution >= 0.6 is 0 Å². The van der Waals surface area contributed by atoms with Gasteiger partial charge in [-0.15, -0.1) is 0 Å². The van der Waals surface area contributed by atoms with E-state index in [4.69, 9.17) is 20.4 Å². The van der Waals surface area contributed by atoms with Crippen molar-refractivity contribution in [3.05, 3.63) is 0 Å². The molecule has 0 spiro atoms. The van der Waals surface area contributed by atoms with Gasteiger partial charge < -0.3 is 25.2 Å². The summed E-state index contributed by atoms with van der Waals surface area (Å²) in [5, 5.41) is 35.7. The van der Waals surface area contributed by atoms with Crippen LogP contribution in [0.25, 0.3) is 0 Å². The molecule has 0 bridgehead atoms. The van der Waals surface area contributed by atoms with Gasteiger partial charge in [-0.3, -0.25) is 0 Å². The average molecular weight is 150 g/mol. The predicted molar refractivity (Wildman–Crippen MR) is 29.8 cm³/mol. The SMILES string of the molecule is C[C@@]1(O)OCC(O)C1(O)O.